The number of fused-ring (bicyclic) bond motifs is 1. The van der Waals surface area contributed by atoms with Crippen molar-refractivity contribution in [2.75, 3.05) is 13.1 Å². The van der Waals surface area contributed by atoms with Gasteiger partial charge in [-0.25, -0.2) is 0 Å². The molecule has 2 aromatic rings. The lowest BCUT2D eigenvalue weighted by Gasteiger charge is -2.25. The number of Topliss-reactive ketones (excluding diaryl/α,β-unsaturated/α-hetero) is 1. The third kappa shape index (κ3) is 2.06. The Hall–Kier alpha value is -1.95. The highest BCUT2D eigenvalue weighted by molar-refractivity contribution is 5.97. The lowest BCUT2D eigenvalue weighted by atomic mass is 10.2. The second-order valence-corrected chi connectivity index (χ2v) is 4.64. The van der Waals surface area contributed by atoms with Crippen molar-refractivity contribution in [1.82, 2.24) is 24.2 Å². The number of nitrogens with zero attached hydrogens (tertiary/aromatic N) is 5. The molecule has 0 spiro atoms. The molecule has 0 fully saturated rings. The molecule has 3 rings (SSSR count). The fraction of sp³-hybridized carbons (Fsp3) is 0.417. The van der Waals surface area contributed by atoms with Gasteiger partial charge in [0.1, 0.15) is 12.2 Å². The van der Waals surface area contributed by atoms with Crippen LogP contribution in [0.4, 0.5) is 0 Å². The van der Waals surface area contributed by atoms with E-state index < -0.39 is 0 Å². The normalized spacial score (nSPS) is 15.6. The maximum Gasteiger partial charge on any atom is 0.178 e. The number of carbonyl (C=O) groups excluding carboxylic acids is 1. The van der Waals surface area contributed by atoms with Crippen molar-refractivity contribution in [2.45, 2.75) is 13.1 Å². The van der Waals surface area contributed by atoms with E-state index in [2.05, 4.69) is 15.1 Å². The van der Waals surface area contributed by atoms with Gasteiger partial charge in [0.15, 0.2) is 5.78 Å². The lowest BCUT2D eigenvalue weighted by molar-refractivity contribution is 0.0908. The summed E-state index contributed by atoms with van der Waals surface area (Å²) < 4.78 is 3.92. The van der Waals surface area contributed by atoms with E-state index in [1.807, 2.05) is 34.6 Å². The van der Waals surface area contributed by atoms with Crippen LogP contribution in [0.5, 0.6) is 0 Å². The van der Waals surface area contributed by atoms with Gasteiger partial charge in [-0.05, 0) is 6.07 Å². The largest absolute Gasteiger partial charge is 0.357 e. The van der Waals surface area contributed by atoms with Crippen molar-refractivity contribution in [2.24, 2.45) is 7.05 Å². The maximum atomic E-state index is 12.1. The highest BCUT2D eigenvalue weighted by Crippen LogP contribution is 2.10. The lowest BCUT2D eigenvalue weighted by Crippen LogP contribution is -2.37. The SMILES string of the molecule is Cn1ccc(C(=O)CN2CCn3cnnc3C2)c1. The van der Waals surface area contributed by atoms with E-state index in [9.17, 15) is 4.79 Å². The van der Waals surface area contributed by atoms with Crippen LogP contribution in [0.15, 0.2) is 24.8 Å². The number of aryl methyl sites for hydroxylation is 1. The summed E-state index contributed by atoms with van der Waals surface area (Å²) in [5.74, 6) is 1.09. The van der Waals surface area contributed by atoms with E-state index in [4.69, 9.17) is 0 Å². The average molecular weight is 245 g/mol. The van der Waals surface area contributed by atoms with Crippen molar-refractivity contribution in [3.8, 4) is 0 Å². The summed E-state index contributed by atoms with van der Waals surface area (Å²) in [6.07, 6.45) is 5.49. The Labute approximate surface area is 105 Å². The predicted molar refractivity (Wildman–Crippen MR) is 65.0 cm³/mol. The van der Waals surface area contributed by atoms with Gasteiger partial charge >= 0.3 is 0 Å². The van der Waals surface area contributed by atoms with Crippen LogP contribution >= 0.6 is 0 Å². The molecule has 2 aromatic heterocycles. The van der Waals surface area contributed by atoms with Crippen LogP contribution in [-0.4, -0.2) is 43.1 Å². The van der Waals surface area contributed by atoms with Gasteiger partial charge in [-0.3, -0.25) is 9.69 Å². The van der Waals surface area contributed by atoms with E-state index >= 15 is 0 Å². The van der Waals surface area contributed by atoms with Gasteiger partial charge in [0.25, 0.3) is 0 Å². The quantitative estimate of drug-likeness (QED) is 0.731. The molecule has 6 heteroatoms. The second kappa shape index (κ2) is 4.38. The molecule has 94 valence electrons. The van der Waals surface area contributed by atoms with E-state index in [-0.39, 0.29) is 5.78 Å². The molecule has 0 unspecified atom stereocenters. The summed E-state index contributed by atoms with van der Waals surface area (Å²) >= 11 is 0. The molecule has 0 radical (unpaired) electrons. The Bertz CT molecular complexity index is 571. The monoisotopic (exact) mass is 245 g/mol. The summed E-state index contributed by atoms with van der Waals surface area (Å²) in [5.41, 5.74) is 0.768. The third-order valence-corrected chi connectivity index (χ3v) is 3.24. The molecule has 1 aliphatic rings. The fourth-order valence-electron chi connectivity index (χ4n) is 2.21. The number of carbonyl (C=O) groups is 1. The average Bonchev–Trinajstić information content (AvgIpc) is 2.96. The van der Waals surface area contributed by atoms with Crippen molar-refractivity contribution in [3.63, 3.8) is 0 Å². The molecule has 3 heterocycles. The first-order chi connectivity index (χ1) is 8.72. The van der Waals surface area contributed by atoms with Crippen LogP contribution in [-0.2, 0) is 20.1 Å². The Morgan fingerprint density at radius 1 is 1.44 bits per heavy atom. The topological polar surface area (TPSA) is 56.0 Å². The minimum absolute atomic E-state index is 0.156. The maximum absolute atomic E-state index is 12.1. The molecule has 0 atom stereocenters. The molecule has 0 aromatic carbocycles. The van der Waals surface area contributed by atoms with Gasteiger partial charge < -0.3 is 9.13 Å². The molecular formula is C12H15N5O. The van der Waals surface area contributed by atoms with Gasteiger partial charge in [-0.15, -0.1) is 10.2 Å². The van der Waals surface area contributed by atoms with Gasteiger partial charge in [-0.1, -0.05) is 0 Å². The molecule has 0 N–H and O–H groups in total. The number of aromatic nitrogens is 4. The van der Waals surface area contributed by atoms with Crippen LogP contribution in [0, 0.1) is 0 Å². The smallest absolute Gasteiger partial charge is 0.178 e. The van der Waals surface area contributed by atoms with Crippen molar-refractivity contribution in [3.05, 3.63) is 36.2 Å². The van der Waals surface area contributed by atoms with Crippen LogP contribution in [0.3, 0.4) is 0 Å². The Morgan fingerprint density at radius 3 is 3.11 bits per heavy atom. The number of hydrogen-bond acceptors (Lipinski definition) is 4. The van der Waals surface area contributed by atoms with Crippen LogP contribution in [0.2, 0.25) is 0 Å². The Morgan fingerprint density at radius 2 is 2.33 bits per heavy atom. The van der Waals surface area contributed by atoms with E-state index in [0.717, 1.165) is 24.5 Å². The van der Waals surface area contributed by atoms with Crippen molar-refractivity contribution >= 4 is 5.78 Å². The zero-order valence-electron chi connectivity index (χ0n) is 10.3. The molecule has 0 saturated heterocycles. The Balaban J connectivity index is 1.66. The van der Waals surface area contributed by atoms with Gasteiger partial charge in [0.05, 0.1) is 13.1 Å². The summed E-state index contributed by atoms with van der Waals surface area (Å²) in [4.78, 5) is 14.2. The van der Waals surface area contributed by atoms with Gasteiger partial charge in [-0.2, -0.15) is 0 Å². The van der Waals surface area contributed by atoms with E-state index in [0.29, 0.717) is 13.1 Å². The zero-order chi connectivity index (χ0) is 12.5. The molecule has 0 bridgehead atoms. The van der Waals surface area contributed by atoms with E-state index in [1.54, 1.807) is 6.33 Å². The third-order valence-electron chi connectivity index (χ3n) is 3.24. The summed E-state index contributed by atoms with van der Waals surface area (Å²) in [5, 5.41) is 7.92. The van der Waals surface area contributed by atoms with Crippen molar-refractivity contribution in [1.29, 1.82) is 0 Å². The molecule has 0 aliphatic carbocycles. The first kappa shape index (κ1) is 11.2. The predicted octanol–water partition coefficient (Wildman–Crippen LogP) is 0.315. The van der Waals surface area contributed by atoms with Crippen LogP contribution in [0.1, 0.15) is 16.2 Å². The van der Waals surface area contributed by atoms with Gasteiger partial charge in [0, 0.05) is 38.1 Å². The summed E-state index contributed by atoms with van der Waals surface area (Å²) in [6.45, 7) is 2.85. The molecular weight excluding hydrogens is 230 g/mol. The number of hydrogen-bond donors (Lipinski definition) is 0. The van der Waals surface area contributed by atoms with Crippen molar-refractivity contribution < 1.29 is 4.79 Å². The molecule has 1 aliphatic heterocycles. The molecule has 0 amide bonds. The number of rotatable bonds is 3. The molecule has 6 nitrogen and oxygen atoms in total. The molecule has 0 saturated carbocycles. The zero-order valence-corrected chi connectivity index (χ0v) is 10.3. The number of ketones is 1. The van der Waals surface area contributed by atoms with Gasteiger partial charge in [0.2, 0.25) is 0 Å². The Kier molecular flexibility index (Phi) is 2.71. The summed E-state index contributed by atoms with van der Waals surface area (Å²) in [7, 11) is 1.92. The van der Waals surface area contributed by atoms with Crippen LogP contribution < -0.4 is 0 Å². The fourth-order valence-corrected chi connectivity index (χ4v) is 2.21. The standard InChI is InChI=1S/C12H15N5O/c1-15-3-2-10(6-15)11(18)7-16-4-5-17-9-13-14-12(17)8-16/h2-3,6,9H,4-5,7-8H2,1H3. The molecule has 18 heavy (non-hydrogen) atoms. The minimum atomic E-state index is 0.156. The minimum Gasteiger partial charge on any atom is -0.357 e. The first-order valence-electron chi connectivity index (χ1n) is 5.96. The highest BCUT2D eigenvalue weighted by Gasteiger charge is 2.20. The highest BCUT2D eigenvalue weighted by atomic mass is 16.1. The van der Waals surface area contributed by atoms with E-state index in [1.165, 1.54) is 0 Å². The summed E-state index contributed by atoms with van der Waals surface area (Å²) in [6, 6.07) is 1.86. The second-order valence-electron chi connectivity index (χ2n) is 4.64. The van der Waals surface area contributed by atoms with Crippen LogP contribution in [0.25, 0.3) is 0 Å². The first-order valence-corrected chi connectivity index (χ1v) is 5.96.